The van der Waals surface area contributed by atoms with Crippen LogP contribution in [0, 0.1) is 0 Å². The third-order valence-corrected chi connectivity index (χ3v) is 4.33. The van der Waals surface area contributed by atoms with Crippen LogP contribution in [0.5, 0.6) is 0 Å². The molecule has 0 atom stereocenters. The van der Waals surface area contributed by atoms with E-state index in [0.717, 1.165) is 32.5 Å². The molecule has 1 amide bonds. The number of hydrogen-bond donors (Lipinski definition) is 1. The number of benzene rings is 1. The van der Waals surface area contributed by atoms with Crippen molar-refractivity contribution < 1.29 is 4.79 Å². The van der Waals surface area contributed by atoms with Crippen molar-refractivity contribution in [3.63, 3.8) is 0 Å². The van der Waals surface area contributed by atoms with Crippen LogP contribution < -0.4 is 10.2 Å². The number of nitrogens with one attached hydrogen (secondary N) is 1. The summed E-state index contributed by atoms with van der Waals surface area (Å²) in [7, 11) is 0. The van der Waals surface area contributed by atoms with Gasteiger partial charge in [0.25, 0.3) is 0 Å². The van der Waals surface area contributed by atoms with Gasteiger partial charge in [-0.15, -0.1) is 0 Å². The predicted octanol–water partition coefficient (Wildman–Crippen LogP) is 1.21. The summed E-state index contributed by atoms with van der Waals surface area (Å²) in [4.78, 5) is 13.8. The van der Waals surface area contributed by atoms with Crippen molar-refractivity contribution in [2.24, 2.45) is 0 Å². The third kappa shape index (κ3) is 1.29. The minimum atomic E-state index is 0.314. The van der Waals surface area contributed by atoms with E-state index in [4.69, 9.17) is 0 Å². The number of rotatable bonds is 1. The minimum Gasteiger partial charge on any atom is -0.315 e. The lowest BCUT2D eigenvalue weighted by Crippen LogP contribution is -2.40. The van der Waals surface area contributed by atoms with E-state index < -0.39 is 0 Å². The molecule has 17 heavy (non-hydrogen) atoms. The van der Waals surface area contributed by atoms with E-state index in [0.29, 0.717) is 18.2 Å². The fourth-order valence-corrected chi connectivity index (χ4v) is 3.24. The maximum absolute atomic E-state index is 11.8. The van der Waals surface area contributed by atoms with Crippen LogP contribution in [0.25, 0.3) is 0 Å². The van der Waals surface area contributed by atoms with Crippen molar-refractivity contribution in [2.75, 3.05) is 24.5 Å². The van der Waals surface area contributed by atoms with Gasteiger partial charge < -0.3 is 10.2 Å². The first-order valence-electron chi connectivity index (χ1n) is 6.50. The molecule has 1 fully saturated rings. The van der Waals surface area contributed by atoms with E-state index in [9.17, 15) is 4.79 Å². The number of anilines is 1. The number of aryl methyl sites for hydroxylation is 1. The molecule has 0 saturated carbocycles. The highest BCUT2D eigenvalue weighted by molar-refractivity contribution is 5.98. The third-order valence-electron chi connectivity index (χ3n) is 4.33. The topological polar surface area (TPSA) is 32.3 Å². The van der Waals surface area contributed by atoms with E-state index in [1.165, 1.54) is 22.4 Å². The van der Waals surface area contributed by atoms with Gasteiger partial charge >= 0.3 is 0 Å². The van der Waals surface area contributed by atoms with Crippen LogP contribution in [-0.4, -0.2) is 25.5 Å². The molecule has 0 spiro atoms. The molecule has 3 nitrogen and oxygen atoms in total. The van der Waals surface area contributed by atoms with Crippen molar-refractivity contribution in [1.29, 1.82) is 0 Å². The van der Waals surface area contributed by atoms with Gasteiger partial charge in [0, 0.05) is 32.0 Å². The molecule has 1 saturated heterocycles. The zero-order chi connectivity index (χ0) is 11.4. The van der Waals surface area contributed by atoms with E-state index in [1.807, 2.05) is 4.90 Å². The zero-order valence-electron chi connectivity index (χ0n) is 9.83. The second-order valence-electron chi connectivity index (χ2n) is 5.34. The molecule has 88 valence electrons. The van der Waals surface area contributed by atoms with Crippen LogP contribution in [0.2, 0.25) is 0 Å². The summed E-state index contributed by atoms with van der Waals surface area (Å²) in [6.45, 7) is 3.12. The SMILES string of the molecule is O=C1CCc2cc(C3CNC3)cc3c2N1CC3. The van der Waals surface area contributed by atoms with Gasteiger partial charge in [-0.2, -0.15) is 0 Å². The molecule has 3 aliphatic heterocycles. The Morgan fingerprint density at radius 1 is 1.12 bits per heavy atom. The van der Waals surface area contributed by atoms with Gasteiger partial charge in [-0.05, 0) is 29.5 Å². The molecule has 0 unspecified atom stereocenters. The first-order chi connectivity index (χ1) is 8.33. The smallest absolute Gasteiger partial charge is 0.227 e. The maximum Gasteiger partial charge on any atom is 0.227 e. The molecule has 3 heterocycles. The van der Waals surface area contributed by atoms with E-state index >= 15 is 0 Å². The summed E-state index contributed by atoms with van der Waals surface area (Å²) in [6, 6.07) is 4.68. The lowest BCUT2D eigenvalue weighted by atomic mass is 9.88. The molecular formula is C14H16N2O. The summed E-state index contributed by atoms with van der Waals surface area (Å²) >= 11 is 0. The number of amides is 1. The van der Waals surface area contributed by atoms with Gasteiger partial charge in [-0.1, -0.05) is 12.1 Å². The Morgan fingerprint density at radius 2 is 1.88 bits per heavy atom. The largest absolute Gasteiger partial charge is 0.315 e. The molecule has 4 rings (SSSR count). The Balaban J connectivity index is 1.83. The Labute approximate surface area is 101 Å². The maximum atomic E-state index is 11.8. The Morgan fingerprint density at radius 3 is 2.59 bits per heavy atom. The molecule has 1 N–H and O–H groups in total. The van der Waals surface area contributed by atoms with Gasteiger partial charge in [0.1, 0.15) is 0 Å². The van der Waals surface area contributed by atoms with Crippen molar-refractivity contribution in [3.05, 3.63) is 28.8 Å². The van der Waals surface area contributed by atoms with Crippen molar-refractivity contribution >= 4 is 11.6 Å². The molecule has 0 radical (unpaired) electrons. The van der Waals surface area contributed by atoms with Crippen LogP contribution >= 0.6 is 0 Å². The van der Waals surface area contributed by atoms with Gasteiger partial charge in [-0.3, -0.25) is 4.79 Å². The number of nitrogens with zero attached hydrogens (tertiary/aromatic N) is 1. The molecule has 3 heteroatoms. The molecule has 0 aromatic heterocycles. The highest BCUT2D eigenvalue weighted by Gasteiger charge is 2.32. The van der Waals surface area contributed by atoms with Crippen LogP contribution in [0.15, 0.2) is 12.1 Å². The van der Waals surface area contributed by atoms with Gasteiger partial charge in [0.2, 0.25) is 5.91 Å². The van der Waals surface area contributed by atoms with Crippen LogP contribution in [0.4, 0.5) is 5.69 Å². The highest BCUT2D eigenvalue weighted by atomic mass is 16.2. The summed E-state index contributed by atoms with van der Waals surface area (Å²) in [5.74, 6) is 1.01. The number of carbonyl (C=O) groups is 1. The molecule has 3 aliphatic rings. The van der Waals surface area contributed by atoms with E-state index in [2.05, 4.69) is 17.4 Å². The predicted molar refractivity (Wildman–Crippen MR) is 66.4 cm³/mol. The van der Waals surface area contributed by atoms with Gasteiger partial charge in [0.05, 0.1) is 5.69 Å². The van der Waals surface area contributed by atoms with Crippen LogP contribution in [0.3, 0.4) is 0 Å². The number of hydrogen-bond acceptors (Lipinski definition) is 2. The van der Waals surface area contributed by atoms with Gasteiger partial charge in [0.15, 0.2) is 0 Å². The highest BCUT2D eigenvalue weighted by Crippen LogP contribution is 2.39. The summed E-state index contributed by atoms with van der Waals surface area (Å²) in [5.41, 5.74) is 5.53. The number of carbonyl (C=O) groups excluding carboxylic acids is 1. The van der Waals surface area contributed by atoms with Crippen LogP contribution in [-0.2, 0) is 17.6 Å². The fourth-order valence-electron chi connectivity index (χ4n) is 3.24. The van der Waals surface area contributed by atoms with E-state index in [1.54, 1.807) is 0 Å². The molecule has 1 aromatic rings. The van der Waals surface area contributed by atoms with Crippen molar-refractivity contribution in [1.82, 2.24) is 5.32 Å². The Bertz CT molecular complexity index is 505. The van der Waals surface area contributed by atoms with Crippen LogP contribution in [0.1, 0.15) is 29.0 Å². The normalized spacial score (nSPS) is 22.6. The molecule has 1 aromatic carbocycles. The average Bonchev–Trinajstić information content (AvgIpc) is 2.66. The summed E-state index contributed by atoms with van der Waals surface area (Å²) in [5, 5.41) is 3.33. The standard InChI is InChI=1S/C14H16N2O/c17-13-2-1-9-5-11(12-7-15-8-12)6-10-3-4-16(13)14(9)10/h5-6,12,15H,1-4,7-8H2. The second-order valence-corrected chi connectivity index (χ2v) is 5.34. The zero-order valence-corrected chi connectivity index (χ0v) is 9.83. The van der Waals surface area contributed by atoms with E-state index in [-0.39, 0.29) is 0 Å². The average molecular weight is 228 g/mol. The summed E-state index contributed by atoms with van der Waals surface area (Å²) in [6.07, 6.45) is 2.67. The lowest BCUT2D eigenvalue weighted by molar-refractivity contribution is -0.118. The van der Waals surface area contributed by atoms with Gasteiger partial charge in [-0.25, -0.2) is 0 Å². The van der Waals surface area contributed by atoms with Crippen molar-refractivity contribution in [3.8, 4) is 0 Å². The Hall–Kier alpha value is -1.35. The first-order valence-corrected chi connectivity index (χ1v) is 6.50. The molecular weight excluding hydrogens is 212 g/mol. The first kappa shape index (κ1) is 9.66. The monoisotopic (exact) mass is 228 g/mol. The lowest BCUT2D eigenvalue weighted by Gasteiger charge is -2.30. The fraction of sp³-hybridized carbons (Fsp3) is 0.500. The molecule has 0 aliphatic carbocycles. The molecule has 0 bridgehead atoms. The van der Waals surface area contributed by atoms with Crippen molar-refractivity contribution in [2.45, 2.75) is 25.2 Å². The minimum absolute atomic E-state index is 0.314. The Kier molecular flexibility index (Phi) is 1.89. The quantitative estimate of drug-likeness (QED) is 0.783. The summed E-state index contributed by atoms with van der Waals surface area (Å²) < 4.78 is 0. The second kappa shape index (κ2) is 3.33.